The van der Waals surface area contributed by atoms with Gasteiger partial charge in [-0.1, -0.05) is 27.2 Å². The number of rotatable bonds is 1. The van der Waals surface area contributed by atoms with E-state index in [4.69, 9.17) is 5.73 Å². The van der Waals surface area contributed by atoms with E-state index < -0.39 is 5.41 Å². The van der Waals surface area contributed by atoms with E-state index in [0.29, 0.717) is 0 Å². The van der Waals surface area contributed by atoms with Crippen LogP contribution in [0.2, 0.25) is 0 Å². The van der Waals surface area contributed by atoms with Gasteiger partial charge in [-0.2, -0.15) is 5.10 Å². The van der Waals surface area contributed by atoms with Gasteiger partial charge in [0.15, 0.2) is 0 Å². The number of carbonyl (C=O) groups is 1. The van der Waals surface area contributed by atoms with E-state index in [1.165, 1.54) is 0 Å². The number of hydrogen-bond acceptors (Lipinski definition) is 3. The summed E-state index contributed by atoms with van der Waals surface area (Å²) in [6, 6.07) is 0.0269. The predicted octanol–water partition coefficient (Wildman–Crippen LogP) is 1.41. The summed E-state index contributed by atoms with van der Waals surface area (Å²) in [5.74, 6) is -0.0622. The van der Waals surface area contributed by atoms with Gasteiger partial charge < -0.3 is 5.73 Å². The summed E-state index contributed by atoms with van der Waals surface area (Å²) in [6.45, 7) is 5.59. The summed E-state index contributed by atoms with van der Waals surface area (Å²) < 4.78 is 0. The van der Waals surface area contributed by atoms with E-state index in [2.05, 4.69) is 10.5 Å². The van der Waals surface area contributed by atoms with Crippen LogP contribution in [0.25, 0.3) is 0 Å². The minimum Gasteiger partial charge on any atom is -0.323 e. The van der Waals surface area contributed by atoms with Crippen molar-refractivity contribution in [1.82, 2.24) is 5.43 Å². The third-order valence-corrected chi connectivity index (χ3v) is 2.61. The highest BCUT2D eigenvalue weighted by Gasteiger charge is 2.22. The van der Waals surface area contributed by atoms with Crippen LogP contribution < -0.4 is 11.2 Å². The molecule has 0 aromatic carbocycles. The Labute approximate surface area is 91.3 Å². The molecule has 0 radical (unpaired) electrons. The van der Waals surface area contributed by atoms with Gasteiger partial charge in [-0.05, 0) is 19.3 Å². The molecule has 0 saturated heterocycles. The largest absolute Gasteiger partial charge is 0.323 e. The number of nitrogens with two attached hydrogens (primary N) is 1. The van der Waals surface area contributed by atoms with Crippen molar-refractivity contribution >= 4 is 11.6 Å². The first-order chi connectivity index (χ1) is 6.91. The van der Waals surface area contributed by atoms with Crippen molar-refractivity contribution in [2.75, 3.05) is 0 Å². The topological polar surface area (TPSA) is 67.5 Å². The molecule has 0 spiro atoms. The van der Waals surface area contributed by atoms with Crippen molar-refractivity contribution in [3.05, 3.63) is 0 Å². The Bertz CT molecular complexity index is 265. The monoisotopic (exact) mass is 211 g/mol. The molecule has 1 unspecified atom stereocenters. The Balaban J connectivity index is 2.53. The molecule has 0 aromatic rings. The quantitative estimate of drug-likeness (QED) is 0.644. The third kappa shape index (κ3) is 3.63. The fourth-order valence-corrected chi connectivity index (χ4v) is 1.45. The molecule has 4 heteroatoms. The Morgan fingerprint density at radius 2 is 2.13 bits per heavy atom. The lowest BCUT2D eigenvalue weighted by Crippen LogP contribution is -2.37. The summed E-state index contributed by atoms with van der Waals surface area (Å²) in [5, 5.41) is 4.12. The van der Waals surface area contributed by atoms with Gasteiger partial charge in [0.05, 0.1) is 5.71 Å². The Morgan fingerprint density at radius 1 is 1.47 bits per heavy atom. The van der Waals surface area contributed by atoms with Gasteiger partial charge >= 0.3 is 0 Å². The molecule has 0 bridgehead atoms. The summed E-state index contributed by atoms with van der Waals surface area (Å²) in [4.78, 5) is 11.6. The number of carbonyl (C=O) groups excluding carboxylic acids is 1. The van der Waals surface area contributed by atoms with Crippen molar-refractivity contribution in [2.24, 2.45) is 16.3 Å². The van der Waals surface area contributed by atoms with Crippen molar-refractivity contribution in [3.63, 3.8) is 0 Å². The molecule has 1 atom stereocenters. The van der Waals surface area contributed by atoms with Crippen LogP contribution in [0, 0.1) is 5.41 Å². The predicted molar refractivity (Wildman–Crippen MR) is 61.5 cm³/mol. The van der Waals surface area contributed by atoms with Gasteiger partial charge in [-0.3, -0.25) is 4.79 Å². The van der Waals surface area contributed by atoms with Crippen molar-refractivity contribution in [2.45, 2.75) is 52.5 Å². The molecule has 4 nitrogen and oxygen atoms in total. The minimum atomic E-state index is -0.400. The fraction of sp³-hybridized carbons (Fsp3) is 0.818. The maximum Gasteiger partial charge on any atom is 0.245 e. The zero-order valence-electron chi connectivity index (χ0n) is 9.84. The zero-order chi connectivity index (χ0) is 11.5. The smallest absolute Gasteiger partial charge is 0.245 e. The second kappa shape index (κ2) is 4.75. The first kappa shape index (κ1) is 12.2. The van der Waals surface area contributed by atoms with E-state index in [0.717, 1.165) is 31.4 Å². The van der Waals surface area contributed by atoms with E-state index in [-0.39, 0.29) is 11.9 Å². The molecule has 0 heterocycles. The van der Waals surface area contributed by atoms with E-state index in [1.54, 1.807) is 0 Å². The second-order valence-electron chi connectivity index (χ2n) is 5.15. The lowest BCUT2D eigenvalue weighted by Gasteiger charge is -2.21. The van der Waals surface area contributed by atoms with Crippen LogP contribution in [0.5, 0.6) is 0 Å². The third-order valence-electron chi connectivity index (χ3n) is 2.61. The van der Waals surface area contributed by atoms with Gasteiger partial charge in [0.1, 0.15) is 0 Å². The van der Waals surface area contributed by atoms with Crippen molar-refractivity contribution in [1.29, 1.82) is 0 Å². The molecule has 1 fully saturated rings. The molecule has 0 aromatic heterocycles. The van der Waals surface area contributed by atoms with Crippen LogP contribution in [0.1, 0.15) is 46.5 Å². The Kier molecular flexibility index (Phi) is 3.85. The second-order valence-corrected chi connectivity index (χ2v) is 5.15. The molecule has 15 heavy (non-hydrogen) atoms. The van der Waals surface area contributed by atoms with Gasteiger partial charge in [0.2, 0.25) is 5.91 Å². The van der Waals surface area contributed by atoms with Gasteiger partial charge in [0.25, 0.3) is 0 Å². The maximum atomic E-state index is 11.6. The highest BCUT2D eigenvalue weighted by molar-refractivity contribution is 5.91. The van der Waals surface area contributed by atoms with Crippen LogP contribution in [0.4, 0.5) is 0 Å². The highest BCUT2D eigenvalue weighted by atomic mass is 16.2. The lowest BCUT2D eigenvalue weighted by atomic mass is 9.94. The zero-order valence-corrected chi connectivity index (χ0v) is 9.84. The number of amides is 1. The molecule has 1 rings (SSSR count). The molecule has 1 aliphatic carbocycles. The number of hydrogen-bond donors (Lipinski definition) is 2. The maximum absolute atomic E-state index is 11.6. The van der Waals surface area contributed by atoms with E-state index in [9.17, 15) is 4.79 Å². The van der Waals surface area contributed by atoms with Gasteiger partial charge in [-0.15, -0.1) is 0 Å². The van der Waals surface area contributed by atoms with Crippen LogP contribution in [-0.4, -0.2) is 17.7 Å². The van der Waals surface area contributed by atoms with Gasteiger partial charge in [0, 0.05) is 11.5 Å². The van der Waals surface area contributed by atoms with E-state index >= 15 is 0 Å². The van der Waals surface area contributed by atoms with Crippen molar-refractivity contribution in [3.8, 4) is 0 Å². The summed E-state index contributed by atoms with van der Waals surface area (Å²) in [7, 11) is 0. The lowest BCUT2D eigenvalue weighted by molar-refractivity contribution is -0.128. The Morgan fingerprint density at radius 3 is 2.67 bits per heavy atom. The molecule has 0 aliphatic heterocycles. The average Bonchev–Trinajstić information content (AvgIpc) is 2.14. The average molecular weight is 211 g/mol. The first-order valence-corrected chi connectivity index (χ1v) is 5.54. The SMILES string of the molecule is CC(C)(C)C(=O)N/N=C1/CCCCC1N. The molecular weight excluding hydrogens is 190 g/mol. The van der Waals surface area contributed by atoms with Crippen LogP contribution in [0.15, 0.2) is 5.10 Å². The minimum absolute atomic E-state index is 0.0269. The van der Waals surface area contributed by atoms with Crippen LogP contribution >= 0.6 is 0 Å². The molecule has 1 saturated carbocycles. The fourth-order valence-electron chi connectivity index (χ4n) is 1.45. The normalized spacial score (nSPS) is 25.3. The summed E-state index contributed by atoms with van der Waals surface area (Å²) >= 11 is 0. The molecule has 3 N–H and O–H groups in total. The Hall–Kier alpha value is -0.900. The van der Waals surface area contributed by atoms with Crippen molar-refractivity contribution < 1.29 is 4.79 Å². The molecular formula is C11H21N3O. The first-order valence-electron chi connectivity index (χ1n) is 5.54. The van der Waals surface area contributed by atoms with Gasteiger partial charge in [-0.25, -0.2) is 5.43 Å². The number of nitrogens with one attached hydrogen (secondary N) is 1. The highest BCUT2D eigenvalue weighted by Crippen LogP contribution is 2.15. The summed E-state index contributed by atoms with van der Waals surface area (Å²) in [6.07, 6.45) is 4.17. The van der Waals surface area contributed by atoms with E-state index in [1.807, 2.05) is 20.8 Å². The number of hydrazone groups is 1. The summed E-state index contributed by atoms with van der Waals surface area (Å²) in [5.41, 5.74) is 9.01. The standard InChI is InChI=1S/C11H21N3O/c1-11(2,3)10(15)14-13-9-7-5-4-6-8(9)12/h8H,4-7,12H2,1-3H3,(H,14,15)/b13-9-. The molecule has 1 aliphatic rings. The van der Waals surface area contributed by atoms with Crippen LogP contribution in [0.3, 0.4) is 0 Å². The molecule has 1 amide bonds. The molecule has 86 valence electrons. The number of nitrogens with zero attached hydrogens (tertiary/aromatic N) is 1. The van der Waals surface area contributed by atoms with Crippen LogP contribution in [-0.2, 0) is 4.79 Å².